The van der Waals surface area contributed by atoms with Gasteiger partial charge in [-0.15, -0.1) is 0 Å². The summed E-state index contributed by atoms with van der Waals surface area (Å²) in [5.41, 5.74) is -1.24. The lowest BCUT2D eigenvalue weighted by Gasteiger charge is -2.23. The average molecular weight is 324 g/mol. The van der Waals surface area contributed by atoms with E-state index in [2.05, 4.69) is 4.72 Å². The number of sulfonamides is 1. The first-order valence-electron chi connectivity index (χ1n) is 5.80. The van der Waals surface area contributed by atoms with E-state index in [1.54, 1.807) is 6.92 Å². The molecule has 0 saturated carbocycles. The highest BCUT2D eigenvalue weighted by molar-refractivity contribution is 7.89. The molecule has 0 aliphatic rings. The van der Waals surface area contributed by atoms with Crippen LogP contribution in [0.25, 0.3) is 0 Å². The van der Waals surface area contributed by atoms with Crippen molar-refractivity contribution in [1.82, 2.24) is 4.72 Å². The molecule has 0 bridgehead atoms. The van der Waals surface area contributed by atoms with Crippen LogP contribution < -0.4 is 4.72 Å². The van der Waals surface area contributed by atoms with Crippen LogP contribution in [0.4, 0.5) is 4.39 Å². The van der Waals surface area contributed by atoms with Gasteiger partial charge in [-0.25, -0.2) is 17.5 Å². The van der Waals surface area contributed by atoms with Crippen molar-refractivity contribution in [1.29, 1.82) is 0 Å². The number of hydrogen-bond acceptors (Lipinski definition) is 3. The third-order valence-corrected chi connectivity index (χ3v) is 5.01. The molecule has 0 spiro atoms. The molecule has 0 heterocycles. The van der Waals surface area contributed by atoms with E-state index in [1.807, 2.05) is 0 Å². The Morgan fingerprint density at radius 2 is 2.10 bits per heavy atom. The molecule has 0 aromatic heterocycles. The quantitative estimate of drug-likeness (QED) is 0.841. The summed E-state index contributed by atoms with van der Waals surface area (Å²) < 4.78 is 39.3. The van der Waals surface area contributed by atoms with E-state index in [0.717, 1.165) is 18.2 Å². The molecule has 1 rings (SSSR count). The maximum Gasteiger partial charge on any atom is 0.310 e. The van der Waals surface area contributed by atoms with Crippen molar-refractivity contribution in [2.45, 2.75) is 25.2 Å². The van der Waals surface area contributed by atoms with Gasteiger partial charge in [-0.3, -0.25) is 4.79 Å². The maximum absolute atomic E-state index is 13.1. The summed E-state index contributed by atoms with van der Waals surface area (Å²) in [7, 11) is -4.08. The highest BCUT2D eigenvalue weighted by atomic mass is 35.5. The summed E-state index contributed by atoms with van der Waals surface area (Å²) in [5, 5.41) is 8.95. The number of aliphatic carboxylic acids is 1. The van der Waals surface area contributed by atoms with Crippen LogP contribution in [0.3, 0.4) is 0 Å². The monoisotopic (exact) mass is 323 g/mol. The van der Waals surface area contributed by atoms with Crippen LogP contribution in [-0.4, -0.2) is 26.0 Å². The number of hydrogen-bond donors (Lipinski definition) is 2. The van der Waals surface area contributed by atoms with Gasteiger partial charge in [0, 0.05) is 6.54 Å². The zero-order valence-electron chi connectivity index (χ0n) is 11.0. The second-order valence-corrected chi connectivity index (χ2v) is 6.76. The molecule has 0 aliphatic heterocycles. The first-order valence-corrected chi connectivity index (χ1v) is 7.66. The van der Waals surface area contributed by atoms with Gasteiger partial charge >= 0.3 is 5.97 Å². The number of halogens is 2. The third kappa shape index (κ3) is 3.68. The van der Waals surface area contributed by atoms with E-state index < -0.39 is 32.1 Å². The lowest BCUT2D eigenvalue weighted by molar-refractivity contribution is -0.147. The molecule has 8 heteroatoms. The summed E-state index contributed by atoms with van der Waals surface area (Å²) >= 11 is 5.73. The molecule has 1 atom stereocenters. The average Bonchev–Trinajstić information content (AvgIpc) is 2.38. The fourth-order valence-corrected chi connectivity index (χ4v) is 3.05. The van der Waals surface area contributed by atoms with Crippen molar-refractivity contribution in [2.24, 2.45) is 5.41 Å². The molecule has 2 N–H and O–H groups in total. The number of nitrogens with one attached hydrogen (secondary N) is 1. The first-order chi connectivity index (χ1) is 9.12. The number of carbonyl (C=O) groups is 1. The minimum absolute atomic E-state index is 0.132. The lowest BCUT2D eigenvalue weighted by Crippen LogP contribution is -2.40. The second kappa shape index (κ2) is 6.07. The van der Waals surface area contributed by atoms with Gasteiger partial charge in [-0.1, -0.05) is 18.5 Å². The summed E-state index contributed by atoms with van der Waals surface area (Å²) in [6, 6.07) is 2.95. The van der Waals surface area contributed by atoms with Crippen molar-refractivity contribution in [3.63, 3.8) is 0 Å². The van der Waals surface area contributed by atoms with Crippen LogP contribution in [0.2, 0.25) is 5.02 Å². The highest BCUT2D eigenvalue weighted by Crippen LogP contribution is 2.24. The number of carboxylic acid groups (broad SMARTS) is 1. The zero-order chi connectivity index (χ0) is 15.6. The number of carboxylic acids is 1. The summed E-state index contributed by atoms with van der Waals surface area (Å²) in [4.78, 5) is 10.7. The minimum atomic E-state index is -4.08. The van der Waals surface area contributed by atoms with Gasteiger partial charge in [0.2, 0.25) is 10.0 Å². The predicted octanol–water partition coefficient (Wildman–Crippen LogP) is 2.26. The molecule has 0 fully saturated rings. The predicted molar refractivity (Wildman–Crippen MR) is 72.6 cm³/mol. The number of rotatable bonds is 6. The molecule has 5 nitrogen and oxygen atoms in total. The molecular formula is C12H15ClFNO4S. The Bertz CT molecular complexity index is 620. The fraction of sp³-hybridized carbons (Fsp3) is 0.417. The molecule has 0 amide bonds. The van der Waals surface area contributed by atoms with Crippen molar-refractivity contribution in [3.8, 4) is 0 Å². The van der Waals surface area contributed by atoms with Gasteiger partial charge in [0.05, 0.1) is 10.4 Å². The largest absolute Gasteiger partial charge is 0.481 e. The van der Waals surface area contributed by atoms with Gasteiger partial charge in [-0.2, -0.15) is 0 Å². The van der Waals surface area contributed by atoms with Crippen molar-refractivity contribution in [2.75, 3.05) is 6.54 Å². The second-order valence-electron chi connectivity index (χ2n) is 4.62. The SMILES string of the molecule is CCC(C)(CNS(=O)(=O)c1cc(F)ccc1Cl)C(=O)O. The smallest absolute Gasteiger partial charge is 0.310 e. The molecule has 1 aromatic rings. The molecular weight excluding hydrogens is 309 g/mol. The van der Waals surface area contributed by atoms with Crippen molar-refractivity contribution >= 4 is 27.6 Å². The summed E-state index contributed by atoms with van der Waals surface area (Å²) in [5.74, 6) is -1.86. The Labute approximate surface area is 121 Å². The van der Waals surface area contributed by atoms with Crippen molar-refractivity contribution < 1.29 is 22.7 Å². The van der Waals surface area contributed by atoms with E-state index in [4.69, 9.17) is 16.7 Å². The van der Waals surface area contributed by atoms with Gasteiger partial charge in [0.1, 0.15) is 10.7 Å². The Kier molecular flexibility index (Phi) is 5.12. The Morgan fingerprint density at radius 3 is 2.60 bits per heavy atom. The lowest BCUT2D eigenvalue weighted by atomic mass is 9.88. The first kappa shape index (κ1) is 16.9. The maximum atomic E-state index is 13.1. The Morgan fingerprint density at radius 1 is 1.50 bits per heavy atom. The van der Waals surface area contributed by atoms with E-state index in [1.165, 1.54) is 6.92 Å². The molecule has 1 aromatic carbocycles. The van der Waals surface area contributed by atoms with Crippen molar-refractivity contribution in [3.05, 3.63) is 29.0 Å². The zero-order valence-corrected chi connectivity index (χ0v) is 12.6. The van der Waals surface area contributed by atoms with Crippen LogP contribution in [-0.2, 0) is 14.8 Å². The fourth-order valence-electron chi connectivity index (χ4n) is 1.37. The number of benzene rings is 1. The molecule has 20 heavy (non-hydrogen) atoms. The van der Waals surface area contributed by atoms with Crippen LogP contribution in [0.15, 0.2) is 23.1 Å². The van der Waals surface area contributed by atoms with Crippen LogP contribution in [0.5, 0.6) is 0 Å². The van der Waals surface area contributed by atoms with E-state index in [9.17, 15) is 17.6 Å². The topological polar surface area (TPSA) is 83.5 Å². The van der Waals surface area contributed by atoms with Crippen LogP contribution >= 0.6 is 11.6 Å². The summed E-state index contributed by atoms with van der Waals surface area (Å²) in [6.07, 6.45) is 0.238. The molecule has 0 radical (unpaired) electrons. The van der Waals surface area contributed by atoms with Gasteiger partial charge in [0.15, 0.2) is 0 Å². The normalized spacial score (nSPS) is 14.8. The Balaban J connectivity index is 3.02. The van der Waals surface area contributed by atoms with Crippen LogP contribution in [0, 0.1) is 11.2 Å². The highest BCUT2D eigenvalue weighted by Gasteiger charge is 2.33. The van der Waals surface area contributed by atoms with Gasteiger partial charge < -0.3 is 5.11 Å². The Hall–Kier alpha value is -1.18. The summed E-state index contributed by atoms with van der Waals surface area (Å²) in [6.45, 7) is 2.75. The van der Waals surface area contributed by atoms with Crippen LogP contribution in [0.1, 0.15) is 20.3 Å². The minimum Gasteiger partial charge on any atom is -0.481 e. The molecule has 0 saturated heterocycles. The van der Waals surface area contributed by atoms with E-state index in [0.29, 0.717) is 0 Å². The molecule has 1 unspecified atom stereocenters. The molecule has 0 aliphatic carbocycles. The third-order valence-electron chi connectivity index (χ3n) is 3.13. The van der Waals surface area contributed by atoms with E-state index in [-0.39, 0.29) is 18.0 Å². The van der Waals surface area contributed by atoms with Gasteiger partial charge in [0.25, 0.3) is 0 Å². The standard InChI is InChI=1S/C12H15ClFNO4S/c1-3-12(2,11(16)17)7-15-20(18,19)10-6-8(14)4-5-9(10)13/h4-6,15H,3,7H2,1-2H3,(H,16,17). The van der Waals surface area contributed by atoms with E-state index >= 15 is 0 Å². The molecule has 112 valence electrons. The van der Waals surface area contributed by atoms with Gasteiger partial charge in [-0.05, 0) is 31.5 Å².